The molecule has 57 heavy (non-hydrogen) atoms. The highest BCUT2D eigenvalue weighted by atomic mass is 16.6. The number of rotatable bonds is 45. The molecule has 0 aromatic carbocycles. The zero-order chi connectivity index (χ0) is 41.5. The molecule has 0 heterocycles. The van der Waals surface area contributed by atoms with Crippen LogP contribution in [0.25, 0.3) is 0 Å². The molecule has 0 aliphatic carbocycles. The summed E-state index contributed by atoms with van der Waals surface area (Å²) in [5.74, 6) is -0.879. The molecule has 1 unspecified atom stereocenters. The lowest BCUT2D eigenvalue weighted by Gasteiger charge is -2.18. The Morgan fingerprint density at radius 3 is 0.930 bits per heavy atom. The SMILES string of the molecule is CCCC/C=C\CCCCCCCC(=O)OC(COC(=O)CCCCCCCCC/C=C\CCCCCCCC)COC(=O)CCCCCCCCCCCCC. The summed E-state index contributed by atoms with van der Waals surface area (Å²) in [4.78, 5) is 37.8. The van der Waals surface area contributed by atoms with E-state index >= 15 is 0 Å². The summed E-state index contributed by atoms with van der Waals surface area (Å²) in [6.07, 6.45) is 51.6. The van der Waals surface area contributed by atoms with Crippen molar-refractivity contribution in [3.05, 3.63) is 24.3 Å². The van der Waals surface area contributed by atoms with Crippen LogP contribution in [0.3, 0.4) is 0 Å². The molecule has 0 amide bonds. The van der Waals surface area contributed by atoms with Crippen molar-refractivity contribution in [3.8, 4) is 0 Å². The summed E-state index contributed by atoms with van der Waals surface area (Å²) >= 11 is 0. The van der Waals surface area contributed by atoms with Crippen LogP contribution >= 0.6 is 0 Å². The van der Waals surface area contributed by atoms with Crippen LogP contribution in [0.2, 0.25) is 0 Å². The monoisotopic (exact) mass is 803 g/mol. The number of esters is 3. The average Bonchev–Trinajstić information content (AvgIpc) is 3.21. The molecule has 0 spiro atoms. The first kappa shape index (κ1) is 54.9. The fourth-order valence-electron chi connectivity index (χ4n) is 7.12. The summed E-state index contributed by atoms with van der Waals surface area (Å²) in [5.41, 5.74) is 0. The largest absolute Gasteiger partial charge is 0.462 e. The number of unbranched alkanes of at least 4 members (excludes halogenated alkanes) is 30. The number of carbonyl (C=O) groups is 3. The van der Waals surface area contributed by atoms with Crippen molar-refractivity contribution in [2.75, 3.05) is 13.2 Å². The van der Waals surface area contributed by atoms with Crippen LogP contribution in [0, 0.1) is 0 Å². The van der Waals surface area contributed by atoms with E-state index in [0.717, 1.165) is 70.6 Å². The van der Waals surface area contributed by atoms with Gasteiger partial charge >= 0.3 is 17.9 Å². The van der Waals surface area contributed by atoms with Gasteiger partial charge in [-0.3, -0.25) is 14.4 Å². The Labute approximate surface area is 353 Å². The molecule has 0 aromatic heterocycles. The van der Waals surface area contributed by atoms with E-state index < -0.39 is 6.10 Å². The molecular formula is C51H94O6. The van der Waals surface area contributed by atoms with Gasteiger partial charge in [-0.05, 0) is 64.2 Å². The molecule has 0 saturated heterocycles. The predicted molar refractivity (Wildman–Crippen MR) is 243 cm³/mol. The van der Waals surface area contributed by atoms with E-state index in [0.29, 0.717) is 19.3 Å². The summed E-state index contributed by atoms with van der Waals surface area (Å²) in [5, 5.41) is 0. The third-order valence-corrected chi connectivity index (χ3v) is 10.9. The van der Waals surface area contributed by atoms with Crippen molar-refractivity contribution in [3.63, 3.8) is 0 Å². The first-order valence-electron chi connectivity index (χ1n) is 24.8. The van der Waals surface area contributed by atoms with Gasteiger partial charge in [-0.1, -0.05) is 206 Å². The maximum atomic E-state index is 12.7. The lowest BCUT2D eigenvalue weighted by molar-refractivity contribution is -0.167. The molecule has 0 radical (unpaired) electrons. The fourth-order valence-corrected chi connectivity index (χ4v) is 7.12. The minimum atomic E-state index is -0.771. The van der Waals surface area contributed by atoms with Crippen molar-refractivity contribution < 1.29 is 28.6 Å². The Hall–Kier alpha value is -2.11. The molecule has 0 bridgehead atoms. The minimum Gasteiger partial charge on any atom is -0.462 e. The molecule has 1 atom stereocenters. The molecule has 6 nitrogen and oxygen atoms in total. The number of hydrogen-bond donors (Lipinski definition) is 0. The molecule has 6 heteroatoms. The van der Waals surface area contributed by atoms with E-state index in [1.54, 1.807) is 0 Å². The zero-order valence-electron chi connectivity index (χ0n) is 38.1. The quantitative estimate of drug-likeness (QED) is 0.0264. The van der Waals surface area contributed by atoms with Gasteiger partial charge in [0.25, 0.3) is 0 Å². The molecule has 0 saturated carbocycles. The summed E-state index contributed by atoms with van der Waals surface area (Å²) in [6.45, 7) is 6.59. The van der Waals surface area contributed by atoms with Gasteiger partial charge in [0.1, 0.15) is 13.2 Å². The second-order valence-corrected chi connectivity index (χ2v) is 16.7. The first-order chi connectivity index (χ1) is 28.0. The van der Waals surface area contributed by atoms with Crippen LogP contribution in [0.4, 0.5) is 0 Å². The van der Waals surface area contributed by atoms with Gasteiger partial charge in [0.2, 0.25) is 0 Å². The van der Waals surface area contributed by atoms with Crippen LogP contribution in [0.5, 0.6) is 0 Å². The van der Waals surface area contributed by atoms with E-state index in [1.165, 1.54) is 154 Å². The molecule has 0 aliphatic rings. The second-order valence-electron chi connectivity index (χ2n) is 16.7. The third-order valence-electron chi connectivity index (χ3n) is 10.9. The lowest BCUT2D eigenvalue weighted by Crippen LogP contribution is -2.30. The molecule has 0 N–H and O–H groups in total. The Balaban J connectivity index is 4.31. The third kappa shape index (κ3) is 44.8. The maximum absolute atomic E-state index is 12.7. The number of allylic oxidation sites excluding steroid dienone is 4. The normalized spacial score (nSPS) is 12.1. The highest BCUT2D eigenvalue weighted by molar-refractivity contribution is 5.71. The van der Waals surface area contributed by atoms with Crippen molar-refractivity contribution in [2.45, 2.75) is 271 Å². The molecule has 0 aliphatic heterocycles. The van der Waals surface area contributed by atoms with Crippen LogP contribution < -0.4 is 0 Å². The second kappa shape index (κ2) is 46.6. The number of carbonyl (C=O) groups excluding carboxylic acids is 3. The maximum Gasteiger partial charge on any atom is 0.306 e. The van der Waals surface area contributed by atoms with Gasteiger partial charge in [-0.2, -0.15) is 0 Å². The molecule has 334 valence electrons. The Morgan fingerprint density at radius 2 is 0.596 bits per heavy atom. The van der Waals surface area contributed by atoms with Crippen molar-refractivity contribution in [2.24, 2.45) is 0 Å². The predicted octanol–water partition coefficient (Wildman–Crippen LogP) is 16.0. The average molecular weight is 803 g/mol. The van der Waals surface area contributed by atoms with Gasteiger partial charge < -0.3 is 14.2 Å². The van der Waals surface area contributed by atoms with Crippen LogP contribution in [0.1, 0.15) is 265 Å². The highest BCUT2D eigenvalue weighted by Gasteiger charge is 2.19. The highest BCUT2D eigenvalue weighted by Crippen LogP contribution is 2.15. The van der Waals surface area contributed by atoms with Crippen LogP contribution in [0.15, 0.2) is 24.3 Å². The summed E-state index contributed by atoms with van der Waals surface area (Å²) in [7, 11) is 0. The van der Waals surface area contributed by atoms with Crippen molar-refractivity contribution in [1.29, 1.82) is 0 Å². The van der Waals surface area contributed by atoms with E-state index in [1.807, 2.05) is 0 Å². The minimum absolute atomic E-state index is 0.0728. The van der Waals surface area contributed by atoms with E-state index in [9.17, 15) is 14.4 Å². The summed E-state index contributed by atoms with van der Waals surface area (Å²) < 4.78 is 16.7. The standard InChI is InChI=1S/C51H94O6/c1-4-7-10-13-16-19-22-23-24-25-26-27-30-32-35-38-41-44-50(53)56-47-48(57-51(54)45-42-39-36-33-29-21-18-15-12-9-6-3)46-55-49(52)43-40-37-34-31-28-20-17-14-11-8-5-2/h15,18,23-24,48H,4-14,16-17,19-22,25-47H2,1-3H3/b18-15-,24-23-. The number of hydrogen-bond acceptors (Lipinski definition) is 6. The van der Waals surface area contributed by atoms with Gasteiger partial charge in [0, 0.05) is 19.3 Å². The Morgan fingerprint density at radius 1 is 0.333 bits per heavy atom. The van der Waals surface area contributed by atoms with Crippen molar-refractivity contribution >= 4 is 17.9 Å². The van der Waals surface area contributed by atoms with Gasteiger partial charge in [-0.25, -0.2) is 0 Å². The van der Waals surface area contributed by atoms with Crippen LogP contribution in [-0.2, 0) is 28.6 Å². The van der Waals surface area contributed by atoms with Gasteiger partial charge in [0.15, 0.2) is 6.10 Å². The van der Waals surface area contributed by atoms with Crippen LogP contribution in [-0.4, -0.2) is 37.2 Å². The lowest BCUT2D eigenvalue weighted by atomic mass is 10.1. The Kier molecular flexibility index (Phi) is 44.9. The topological polar surface area (TPSA) is 78.9 Å². The van der Waals surface area contributed by atoms with Gasteiger partial charge in [-0.15, -0.1) is 0 Å². The Bertz CT molecular complexity index is 927. The fraction of sp³-hybridized carbons (Fsp3) is 0.863. The van der Waals surface area contributed by atoms with Crippen molar-refractivity contribution in [1.82, 2.24) is 0 Å². The van der Waals surface area contributed by atoms with E-state index in [4.69, 9.17) is 14.2 Å². The zero-order valence-corrected chi connectivity index (χ0v) is 38.1. The summed E-state index contributed by atoms with van der Waals surface area (Å²) in [6, 6.07) is 0. The molecule has 0 rings (SSSR count). The molecular weight excluding hydrogens is 709 g/mol. The van der Waals surface area contributed by atoms with Gasteiger partial charge in [0.05, 0.1) is 0 Å². The van der Waals surface area contributed by atoms with E-state index in [-0.39, 0.29) is 31.1 Å². The molecule has 0 aromatic rings. The molecule has 0 fully saturated rings. The smallest absolute Gasteiger partial charge is 0.306 e. The first-order valence-corrected chi connectivity index (χ1v) is 24.8. The van der Waals surface area contributed by atoms with E-state index in [2.05, 4.69) is 45.1 Å². The number of ether oxygens (including phenoxy) is 3.